The molecule has 0 saturated heterocycles. The monoisotopic (exact) mass is 157 g/mol. The molecule has 1 saturated carbocycles. The highest BCUT2D eigenvalue weighted by Gasteiger charge is 2.28. The Morgan fingerprint density at radius 2 is 2.36 bits per heavy atom. The molecular weight excluding hydrogens is 142 g/mol. The van der Waals surface area contributed by atoms with Gasteiger partial charge in [0, 0.05) is 0 Å². The molecule has 0 bridgehead atoms. The molecule has 0 spiro atoms. The minimum Gasteiger partial charge on any atom is -0.481 e. The molecular formula is C8H15NO2. The molecule has 11 heavy (non-hydrogen) atoms. The third-order valence-corrected chi connectivity index (χ3v) is 2.38. The van der Waals surface area contributed by atoms with E-state index in [1.807, 2.05) is 7.05 Å². The number of nitrogens with one attached hydrogen (secondary N) is 1. The van der Waals surface area contributed by atoms with Crippen LogP contribution in [-0.4, -0.2) is 24.7 Å². The van der Waals surface area contributed by atoms with Crippen molar-refractivity contribution in [3.63, 3.8) is 0 Å². The first kappa shape index (κ1) is 8.53. The van der Waals surface area contributed by atoms with E-state index in [1.54, 1.807) is 0 Å². The van der Waals surface area contributed by atoms with Gasteiger partial charge in [0.1, 0.15) is 0 Å². The van der Waals surface area contributed by atoms with Crippen molar-refractivity contribution >= 4 is 5.97 Å². The van der Waals surface area contributed by atoms with Gasteiger partial charge in [0.25, 0.3) is 0 Å². The molecule has 3 heteroatoms. The molecule has 0 heterocycles. The van der Waals surface area contributed by atoms with E-state index >= 15 is 0 Å². The highest BCUT2D eigenvalue weighted by molar-refractivity contribution is 5.70. The van der Waals surface area contributed by atoms with Crippen LogP contribution in [0.5, 0.6) is 0 Å². The van der Waals surface area contributed by atoms with Crippen LogP contribution in [0, 0.1) is 11.8 Å². The van der Waals surface area contributed by atoms with Gasteiger partial charge in [-0.25, -0.2) is 0 Å². The quantitative estimate of drug-likeness (QED) is 0.634. The Morgan fingerprint density at radius 1 is 1.64 bits per heavy atom. The SMILES string of the molecule is CNCC1CCC(C(=O)O)C1. The summed E-state index contributed by atoms with van der Waals surface area (Å²) in [4.78, 5) is 10.5. The highest BCUT2D eigenvalue weighted by atomic mass is 16.4. The Hall–Kier alpha value is -0.570. The zero-order valence-electron chi connectivity index (χ0n) is 6.84. The van der Waals surface area contributed by atoms with Crippen molar-refractivity contribution in [1.82, 2.24) is 5.32 Å². The van der Waals surface area contributed by atoms with Gasteiger partial charge in [-0.15, -0.1) is 0 Å². The van der Waals surface area contributed by atoms with Gasteiger partial charge in [-0.1, -0.05) is 0 Å². The van der Waals surface area contributed by atoms with Crippen LogP contribution in [0.2, 0.25) is 0 Å². The zero-order chi connectivity index (χ0) is 8.27. The second kappa shape index (κ2) is 3.72. The van der Waals surface area contributed by atoms with Crippen LogP contribution < -0.4 is 5.32 Å². The zero-order valence-corrected chi connectivity index (χ0v) is 6.84. The van der Waals surface area contributed by atoms with E-state index in [0.717, 1.165) is 25.8 Å². The Bertz CT molecular complexity index is 147. The normalized spacial score (nSPS) is 30.6. The van der Waals surface area contributed by atoms with E-state index in [-0.39, 0.29) is 5.92 Å². The van der Waals surface area contributed by atoms with Crippen molar-refractivity contribution in [2.75, 3.05) is 13.6 Å². The maximum Gasteiger partial charge on any atom is 0.306 e. The van der Waals surface area contributed by atoms with Crippen LogP contribution in [0.1, 0.15) is 19.3 Å². The number of aliphatic carboxylic acids is 1. The second-order valence-electron chi connectivity index (χ2n) is 3.27. The molecule has 2 N–H and O–H groups in total. The fourth-order valence-electron chi connectivity index (χ4n) is 1.77. The lowest BCUT2D eigenvalue weighted by molar-refractivity contribution is -0.141. The van der Waals surface area contributed by atoms with E-state index < -0.39 is 5.97 Å². The summed E-state index contributed by atoms with van der Waals surface area (Å²) in [7, 11) is 1.91. The van der Waals surface area contributed by atoms with Gasteiger partial charge < -0.3 is 10.4 Å². The predicted octanol–water partition coefficient (Wildman–Crippen LogP) is 0.707. The predicted molar refractivity (Wildman–Crippen MR) is 42.4 cm³/mol. The van der Waals surface area contributed by atoms with Crippen molar-refractivity contribution < 1.29 is 9.90 Å². The van der Waals surface area contributed by atoms with Crippen LogP contribution in [-0.2, 0) is 4.79 Å². The maximum atomic E-state index is 10.5. The molecule has 0 aliphatic heterocycles. The molecule has 1 aliphatic carbocycles. The smallest absolute Gasteiger partial charge is 0.306 e. The van der Waals surface area contributed by atoms with Crippen LogP contribution in [0.3, 0.4) is 0 Å². The lowest BCUT2D eigenvalue weighted by atomic mass is 10.1. The van der Waals surface area contributed by atoms with Crippen molar-refractivity contribution in [1.29, 1.82) is 0 Å². The summed E-state index contributed by atoms with van der Waals surface area (Å²) >= 11 is 0. The first-order valence-corrected chi connectivity index (χ1v) is 4.11. The Labute approximate surface area is 66.8 Å². The molecule has 1 rings (SSSR count). The van der Waals surface area contributed by atoms with Gasteiger partial charge in [-0.2, -0.15) is 0 Å². The molecule has 3 nitrogen and oxygen atoms in total. The lowest BCUT2D eigenvalue weighted by Gasteiger charge is -2.06. The van der Waals surface area contributed by atoms with Crippen molar-refractivity contribution in [3.05, 3.63) is 0 Å². The molecule has 1 fully saturated rings. The summed E-state index contributed by atoms with van der Waals surface area (Å²) in [5.74, 6) is -0.113. The molecule has 2 unspecified atom stereocenters. The molecule has 0 aromatic carbocycles. The van der Waals surface area contributed by atoms with Crippen molar-refractivity contribution in [2.45, 2.75) is 19.3 Å². The van der Waals surface area contributed by atoms with Crippen molar-refractivity contribution in [3.8, 4) is 0 Å². The van der Waals surface area contributed by atoms with Crippen LogP contribution in [0.25, 0.3) is 0 Å². The fourth-order valence-corrected chi connectivity index (χ4v) is 1.77. The number of hydrogen-bond donors (Lipinski definition) is 2. The number of rotatable bonds is 3. The van der Waals surface area contributed by atoms with Crippen molar-refractivity contribution in [2.24, 2.45) is 11.8 Å². The Balaban J connectivity index is 2.29. The van der Waals surface area contributed by atoms with Gasteiger partial charge in [-0.05, 0) is 38.8 Å². The van der Waals surface area contributed by atoms with Gasteiger partial charge in [0.2, 0.25) is 0 Å². The van der Waals surface area contributed by atoms with E-state index in [4.69, 9.17) is 5.11 Å². The minimum atomic E-state index is -0.622. The third kappa shape index (κ3) is 2.19. The van der Waals surface area contributed by atoms with E-state index in [0.29, 0.717) is 5.92 Å². The summed E-state index contributed by atoms with van der Waals surface area (Å²) in [5, 5.41) is 11.8. The number of carboxylic acid groups (broad SMARTS) is 1. The summed E-state index contributed by atoms with van der Waals surface area (Å²) < 4.78 is 0. The summed E-state index contributed by atoms with van der Waals surface area (Å²) in [6.07, 6.45) is 2.79. The summed E-state index contributed by atoms with van der Waals surface area (Å²) in [6, 6.07) is 0. The Kier molecular flexibility index (Phi) is 2.88. The first-order valence-electron chi connectivity index (χ1n) is 4.11. The van der Waals surface area contributed by atoms with E-state index in [9.17, 15) is 4.79 Å². The van der Waals surface area contributed by atoms with Crippen LogP contribution in [0.15, 0.2) is 0 Å². The van der Waals surface area contributed by atoms with Gasteiger partial charge in [0.05, 0.1) is 5.92 Å². The second-order valence-corrected chi connectivity index (χ2v) is 3.27. The van der Waals surface area contributed by atoms with E-state index in [1.165, 1.54) is 0 Å². The fraction of sp³-hybridized carbons (Fsp3) is 0.875. The first-order chi connectivity index (χ1) is 5.24. The lowest BCUT2D eigenvalue weighted by Crippen LogP contribution is -2.17. The molecule has 0 aromatic rings. The van der Waals surface area contributed by atoms with Gasteiger partial charge in [-0.3, -0.25) is 4.79 Å². The average Bonchev–Trinajstić information content (AvgIpc) is 2.37. The topological polar surface area (TPSA) is 49.3 Å². The average molecular weight is 157 g/mol. The number of carboxylic acids is 1. The van der Waals surface area contributed by atoms with Crippen LogP contribution in [0.4, 0.5) is 0 Å². The molecule has 0 amide bonds. The van der Waals surface area contributed by atoms with Gasteiger partial charge in [0.15, 0.2) is 0 Å². The third-order valence-electron chi connectivity index (χ3n) is 2.38. The molecule has 2 atom stereocenters. The highest BCUT2D eigenvalue weighted by Crippen LogP contribution is 2.30. The molecule has 0 radical (unpaired) electrons. The van der Waals surface area contributed by atoms with Gasteiger partial charge >= 0.3 is 5.97 Å². The largest absolute Gasteiger partial charge is 0.481 e. The summed E-state index contributed by atoms with van der Waals surface area (Å²) in [5.41, 5.74) is 0. The minimum absolute atomic E-state index is 0.0756. The van der Waals surface area contributed by atoms with E-state index in [2.05, 4.69) is 5.32 Å². The number of carbonyl (C=O) groups is 1. The van der Waals surface area contributed by atoms with Crippen LogP contribution >= 0.6 is 0 Å². The standard InChI is InChI=1S/C8H15NO2/c1-9-5-6-2-3-7(4-6)8(10)11/h6-7,9H,2-5H2,1H3,(H,10,11). The molecule has 64 valence electrons. The summed E-state index contributed by atoms with van der Waals surface area (Å²) in [6.45, 7) is 0.962. The maximum absolute atomic E-state index is 10.5. The molecule has 0 aromatic heterocycles. The number of hydrogen-bond acceptors (Lipinski definition) is 2. The Morgan fingerprint density at radius 3 is 2.82 bits per heavy atom. The molecule has 1 aliphatic rings.